The average molecular weight is 495 g/mol. The van der Waals surface area contributed by atoms with Crippen LogP contribution < -0.4 is 15.0 Å². The van der Waals surface area contributed by atoms with Crippen molar-refractivity contribution in [2.75, 3.05) is 43.5 Å². The van der Waals surface area contributed by atoms with Crippen molar-refractivity contribution in [3.05, 3.63) is 82.6 Å². The number of ether oxygens (including phenoxy) is 1. The van der Waals surface area contributed by atoms with Crippen molar-refractivity contribution in [2.45, 2.75) is 0 Å². The first-order chi connectivity index (χ1) is 15.5. The zero-order valence-corrected chi connectivity index (χ0v) is 19.2. The molecule has 0 unspecified atom stereocenters. The van der Waals surface area contributed by atoms with Crippen LogP contribution in [0.4, 0.5) is 11.4 Å². The van der Waals surface area contributed by atoms with Gasteiger partial charge in [-0.2, -0.15) is 0 Å². The topological polar surface area (TPSA) is 74.8 Å². The van der Waals surface area contributed by atoms with E-state index in [2.05, 4.69) is 31.1 Å². The molecule has 0 bridgehead atoms. The van der Waals surface area contributed by atoms with Gasteiger partial charge in [0.05, 0.1) is 18.2 Å². The zero-order chi connectivity index (χ0) is 22.5. The van der Waals surface area contributed by atoms with Crippen molar-refractivity contribution < 1.29 is 14.3 Å². The Bertz CT molecular complexity index is 1110. The maximum atomic E-state index is 12.9. The summed E-state index contributed by atoms with van der Waals surface area (Å²) < 4.78 is 6.08. The Morgan fingerprint density at radius 3 is 2.41 bits per heavy atom. The summed E-state index contributed by atoms with van der Waals surface area (Å²) in [5.41, 5.74) is 2.84. The summed E-state index contributed by atoms with van der Waals surface area (Å²) in [7, 11) is 1.58. The number of aromatic nitrogens is 1. The molecule has 164 valence electrons. The van der Waals surface area contributed by atoms with Crippen LogP contribution in [0.5, 0.6) is 5.75 Å². The molecule has 1 saturated heterocycles. The number of carbonyl (C=O) groups is 2. The summed E-state index contributed by atoms with van der Waals surface area (Å²) >= 11 is 3.32. The Morgan fingerprint density at radius 1 is 1.00 bits per heavy atom. The number of carbonyl (C=O) groups excluding carboxylic acids is 2. The molecule has 1 fully saturated rings. The van der Waals surface area contributed by atoms with Gasteiger partial charge in [0, 0.05) is 54.4 Å². The fourth-order valence-electron chi connectivity index (χ4n) is 3.65. The van der Waals surface area contributed by atoms with E-state index in [1.54, 1.807) is 31.5 Å². The molecule has 2 amide bonds. The average Bonchev–Trinajstić information content (AvgIpc) is 2.84. The van der Waals surface area contributed by atoms with Crippen molar-refractivity contribution in [1.29, 1.82) is 0 Å². The Hall–Kier alpha value is -3.39. The van der Waals surface area contributed by atoms with Crippen molar-refractivity contribution >= 4 is 39.1 Å². The fourth-order valence-corrected chi connectivity index (χ4v) is 4.02. The largest absolute Gasteiger partial charge is 0.496 e. The normalized spacial score (nSPS) is 13.6. The molecule has 3 aromatic rings. The number of methoxy groups -OCH3 is 1. The molecule has 1 N–H and O–H groups in total. The highest BCUT2D eigenvalue weighted by Gasteiger charge is 2.24. The molecule has 0 radical (unpaired) electrons. The standard InChI is InChI=1S/C24H23BrN4O3/c1-32-22-5-3-2-4-21(22)24(31)29-12-10-28(11-13-29)20-8-6-19(7-9-20)27-23(30)17-14-18(25)16-26-15-17/h2-9,14-16H,10-13H2,1H3,(H,27,30). The van der Waals surface area contributed by atoms with Crippen LogP contribution in [0.25, 0.3) is 0 Å². The third-order valence-corrected chi connectivity index (χ3v) is 5.80. The number of halogens is 1. The van der Waals surface area contributed by atoms with Gasteiger partial charge < -0.3 is 19.9 Å². The van der Waals surface area contributed by atoms with Gasteiger partial charge in [-0.25, -0.2) is 0 Å². The van der Waals surface area contributed by atoms with E-state index in [1.165, 1.54) is 6.20 Å². The number of anilines is 2. The van der Waals surface area contributed by atoms with Crippen molar-refractivity contribution in [2.24, 2.45) is 0 Å². The van der Waals surface area contributed by atoms with E-state index in [0.717, 1.165) is 23.2 Å². The summed E-state index contributed by atoms with van der Waals surface area (Å²) in [5.74, 6) is 0.369. The van der Waals surface area contributed by atoms with E-state index in [4.69, 9.17) is 4.74 Å². The molecule has 1 aliphatic rings. The Labute approximate surface area is 195 Å². The number of rotatable bonds is 5. The molecule has 7 nitrogen and oxygen atoms in total. The molecular formula is C24H23BrN4O3. The van der Waals surface area contributed by atoms with Crippen molar-refractivity contribution in [3.8, 4) is 5.75 Å². The van der Waals surface area contributed by atoms with Crippen LogP contribution in [-0.2, 0) is 0 Å². The van der Waals surface area contributed by atoms with E-state index >= 15 is 0 Å². The number of nitrogens with zero attached hydrogens (tertiary/aromatic N) is 3. The molecule has 8 heteroatoms. The van der Waals surface area contributed by atoms with E-state index in [-0.39, 0.29) is 11.8 Å². The molecule has 1 aromatic heterocycles. The van der Waals surface area contributed by atoms with Crippen molar-refractivity contribution in [3.63, 3.8) is 0 Å². The van der Waals surface area contributed by atoms with Crippen LogP contribution in [0.1, 0.15) is 20.7 Å². The van der Waals surface area contributed by atoms with Gasteiger partial charge in [0.25, 0.3) is 11.8 Å². The molecule has 0 saturated carbocycles. The van der Waals surface area contributed by atoms with Gasteiger partial charge in [-0.15, -0.1) is 0 Å². The van der Waals surface area contributed by atoms with Gasteiger partial charge in [-0.05, 0) is 58.4 Å². The predicted octanol–water partition coefficient (Wildman–Crippen LogP) is 4.07. The second-order valence-corrected chi connectivity index (χ2v) is 8.29. The molecule has 0 spiro atoms. The Balaban J connectivity index is 1.35. The maximum Gasteiger partial charge on any atom is 0.257 e. The molecule has 1 aliphatic heterocycles. The van der Waals surface area contributed by atoms with Crippen LogP contribution in [0.15, 0.2) is 71.5 Å². The number of hydrogen-bond acceptors (Lipinski definition) is 5. The van der Waals surface area contributed by atoms with Gasteiger partial charge >= 0.3 is 0 Å². The second-order valence-electron chi connectivity index (χ2n) is 7.37. The van der Waals surface area contributed by atoms with Gasteiger partial charge in [0.15, 0.2) is 0 Å². The first kappa shape index (κ1) is 21.8. The number of hydrogen-bond donors (Lipinski definition) is 1. The van der Waals surface area contributed by atoms with Crippen LogP contribution in [-0.4, -0.2) is 55.0 Å². The first-order valence-electron chi connectivity index (χ1n) is 10.2. The minimum absolute atomic E-state index is 0.0119. The highest BCUT2D eigenvalue weighted by Crippen LogP contribution is 2.23. The summed E-state index contributed by atoms with van der Waals surface area (Å²) in [6, 6.07) is 16.7. The minimum Gasteiger partial charge on any atom is -0.496 e. The Morgan fingerprint density at radius 2 is 1.72 bits per heavy atom. The first-order valence-corrected chi connectivity index (χ1v) is 11.0. The van der Waals surface area contributed by atoms with Crippen LogP contribution in [0.3, 0.4) is 0 Å². The second kappa shape index (κ2) is 9.82. The third kappa shape index (κ3) is 4.91. The number of piperazine rings is 1. The monoisotopic (exact) mass is 494 g/mol. The summed E-state index contributed by atoms with van der Waals surface area (Å²) in [6.45, 7) is 2.73. The number of nitrogens with one attached hydrogen (secondary N) is 1. The van der Waals surface area contributed by atoms with E-state index < -0.39 is 0 Å². The lowest BCUT2D eigenvalue weighted by Crippen LogP contribution is -2.48. The van der Waals surface area contributed by atoms with Crippen molar-refractivity contribution in [1.82, 2.24) is 9.88 Å². The highest BCUT2D eigenvalue weighted by molar-refractivity contribution is 9.10. The van der Waals surface area contributed by atoms with Crippen LogP contribution >= 0.6 is 15.9 Å². The highest BCUT2D eigenvalue weighted by atomic mass is 79.9. The third-order valence-electron chi connectivity index (χ3n) is 5.36. The lowest BCUT2D eigenvalue weighted by molar-refractivity contribution is 0.0743. The van der Waals surface area contributed by atoms with E-state index in [9.17, 15) is 9.59 Å². The molecule has 2 aromatic carbocycles. The van der Waals surface area contributed by atoms with Gasteiger partial charge in [-0.1, -0.05) is 12.1 Å². The van der Waals surface area contributed by atoms with Crippen LogP contribution in [0.2, 0.25) is 0 Å². The molecule has 32 heavy (non-hydrogen) atoms. The predicted molar refractivity (Wildman–Crippen MR) is 127 cm³/mol. The smallest absolute Gasteiger partial charge is 0.257 e. The van der Waals surface area contributed by atoms with Crippen LogP contribution in [0, 0.1) is 0 Å². The van der Waals surface area contributed by atoms with Gasteiger partial charge in [0.1, 0.15) is 5.75 Å². The molecule has 0 atom stereocenters. The minimum atomic E-state index is -0.213. The van der Waals surface area contributed by atoms with Gasteiger partial charge in [-0.3, -0.25) is 14.6 Å². The lowest BCUT2D eigenvalue weighted by Gasteiger charge is -2.36. The SMILES string of the molecule is COc1ccccc1C(=O)N1CCN(c2ccc(NC(=O)c3cncc(Br)c3)cc2)CC1. The Kier molecular flexibility index (Phi) is 6.70. The molecular weight excluding hydrogens is 472 g/mol. The summed E-state index contributed by atoms with van der Waals surface area (Å²) in [4.78, 5) is 33.4. The van der Waals surface area contributed by atoms with Gasteiger partial charge in [0.2, 0.25) is 0 Å². The van der Waals surface area contributed by atoms with E-state index in [1.807, 2.05) is 41.3 Å². The number of para-hydroxylation sites is 1. The van der Waals surface area contributed by atoms with E-state index in [0.29, 0.717) is 35.7 Å². The lowest BCUT2D eigenvalue weighted by atomic mass is 10.1. The zero-order valence-electron chi connectivity index (χ0n) is 17.6. The quantitative estimate of drug-likeness (QED) is 0.578. The fraction of sp³-hybridized carbons (Fsp3) is 0.208. The maximum absolute atomic E-state index is 12.9. The molecule has 0 aliphatic carbocycles. The number of pyridine rings is 1. The molecule has 2 heterocycles. The number of benzene rings is 2. The summed E-state index contributed by atoms with van der Waals surface area (Å²) in [6.07, 6.45) is 3.16. The molecule has 4 rings (SSSR count). The summed E-state index contributed by atoms with van der Waals surface area (Å²) in [5, 5.41) is 2.88. The number of amides is 2.